The highest BCUT2D eigenvalue weighted by Crippen LogP contribution is 2.31. The van der Waals surface area contributed by atoms with Gasteiger partial charge >= 0.3 is 6.01 Å². The number of rotatable bonds is 5. The van der Waals surface area contributed by atoms with Crippen molar-refractivity contribution in [1.82, 2.24) is 15.2 Å². The van der Waals surface area contributed by atoms with Gasteiger partial charge in [-0.3, -0.25) is 9.79 Å². The number of ketones is 1. The summed E-state index contributed by atoms with van der Waals surface area (Å²) in [5.74, 6) is -0.0361. The second kappa shape index (κ2) is 9.90. The number of carbonyl (C=O) groups excluding carboxylic acids is 1. The number of hydrogen-bond donors (Lipinski definition) is 1. The summed E-state index contributed by atoms with van der Waals surface area (Å²) in [6.45, 7) is 2.31. The van der Waals surface area contributed by atoms with Crippen molar-refractivity contribution in [3.05, 3.63) is 89.4 Å². The number of nitrogens with zero attached hydrogens (tertiary/aromatic N) is 5. The van der Waals surface area contributed by atoms with E-state index in [1.165, 1.54) is 6.07 Å². The molecule has 10 heteroatoms. The zero-order valence-electron chi connectivity index (χ0n) is 19.8. The van der Waals surface area contributed by atoms with Gasteiger partial charge in [-0.05, 0) is 11.6 Å². The van der Waals surface area contributed by atoms with E-state index in [9.17, 15) is 9.18 Å². The van der Waals surface area contributed by atoms with E-state index in [4.69, 9.17) is 14.1 Å². The predicted octanol–water partition coefficient (Wildman–Crippen LogP) is 3.51. The highest BCUT2D eigenvalue weighted by atomic mass is 19.1. The first-order chi connectivity index (χ1) is 18.2. The van der Waals surface area contributed by atoms with Crippen LogP contribution in [-0.4, -0.2) is 59.1 Å². The molecule has 0 spiro atoms. The van der Waals surface area contributed by atoms with E-state index in [2.05, 4.69) is 20.5 Å². The van der Waals surface area contributed by atoms with Crippen molar-refractivity contribution >= 4 is 23.3 Å². The van der Waals surface area contributed by atoms with Gasteiger partial charge in [-0.1, -0.05) is 59.7 Å². The fourth-order valence-corrected chi connectivity index (χ4v) is 4.52. The molecule has 2 aliphatic rings. The Morgan fingerprint density at radius 1 is 0.973 bits per heavy atom. The first-order valence-electron chi connectivity index (χ1n) is 12.0. The molecule has 186 valence electrons. The van der Waals surface area contributed by atoms with Crippen LogP contribution in [-0.2, 0) is 16.0 Å². The normalized spacial score (nSPS) is 17.6. The molecular weight excluding hydrogens is 475 g/mol. The number of ether oxygens (including phenoxy) is 1. The van der Waals surface area contributed by atoms with Crippen LogP contribution in [0.4, 0.5) is 16.2 Å². The Hall–Kier alpha value is -4.44. The van der Waals surface area contributed by atoms with Gasteiger partial charge in [0.05, 0.1) is 30.7 Å². The number of pyridine rings is 1. The summed E-state index contributed by atoms with van der Waals surface area (Å²) in [6, 6.07) is 18.8. The number of hydrogen-bond acceptors (Lipinski definition) is 9. The average Bonchev–Trinajstić information content (AvgIpc) is 3.35. The molecule has 4 aromatic rings. The third-order valence-corrected chi connectivity index (χ3v) is 6.31. The van der Waals surface area contributed by atoms with Gasteiger partial charge in [0, 0.05) is 30.6 Å². The average molecular weight is 499 g/mol. The maximum Gasteiger partial charge on any atom is 0.317 e. The number of anilines is 2. The van der Waals surface area contributed by atoms with Crippen LogP contribution in [0, 0.1) is 5.82 Å². The van der Waals surface area contributed by atoms with Gasteiger partial charge in [0.1, 0.15) is 11.6 Å². The van der Waals surface area contributed by atoms with Crippen LogP contribution in [0.15, 0.2) is 76.3 Å². The lowest BCUT2D eigenvalue weighted by Gasteiger charge is -2.28. The van der Waals surface area contributed by atoms with Crippen molar-refractivity contribution in [3.8, 4) is 11.5 Å². The number of halogens is 1. The van der Waals surface area contributed by atoms with Crippen LogP contribution < -0.4 is 10.2 Å². The molecule has 2 aromatic carbocycles. The maximum atomic E-state index is 14.1. The zero-order valence-corrected chi connectivity index (χ0v) is 19.8. The molecule has 1 fully saturated rings. The third-order valence-electron chi connectivity index (χ3n) is 6.31. The summed E-state index contributed by atoms with van der Waals surface area (Å²) in [4.78, 5) is 24.2. The standard InChI is InChI=1S/C27H23FN6O3/c28-19-15-21(25(29-16-19)34-10-12-36-13-11-34)26-32-33-27(37-26)31-24-22(35)14-18-8-4-5-9-20(18)23(30-24)17-6-2-1-3-7-17/h1-9,15-16,24H,10-14H2,(H,31,33)/t24-/m1/s1. The van der Waals surface area contributed by atoms with Crippen molar-refractivity contribution in [2.45, 2.75) is 12.6 Å². The number of aromatic nitrogens is 3. The maximum absolute atomic E-state index is 14.1. The number of Topliss-reactive ketones (excluding diaryl/α,β-unsaturated/α-hetero) is 1. The number of nitrogens with one attached hydrogen (secondary N) is 1. The van der Waals surface area contributed by atoms with Crippen LogP contribution in [0.1, 0.15) is 16.7 Å². The highest BCUT2D eigenvalue weighted by molar-refractivity contribution is 6.16. The summed E-state index contributed by atoms with van der Waals surface area (Å²) < 4.78 is 25.4. The minimum absolute atomic E-state index is 0.00709. The minimum atomic E-state index is -0.944. The van der Waals surface area contributed by atoms with Gasteiger partial charge in [0.15, 0.2) is 11.9 Å². The van der Waals surface area contributed by atoms with Crippen molar-refractivity contribution in [2.24, 2.45) is 4.99 Å². The quantitative estimate of drug-likeness (QED) is 0.446. The molecule has 2 aromatic heterocycles. The Morgan fingerprint density at radius 2 is 1.76 bits per heavy atom. The number of benzene rings is 2. The van der Waals surface area contributed by atoms with Gasteiger partial charge in [-0.25, -0.2) is 9.37 Å². The number of morpholine rings is 1. The van der Waals surface area contributed by atoms with Crippen LogP contribution in [0.2, 0.25) is 0 Å². The molecule has 6 rings (SSSR count). The summed E-state index contributed by atoms with van der Waals surface area (Å²) in [5, 5.41) is 11.2. The molecule has 0 saturated carbocycles. The molecule has 0 bridgehead atoms. The smallest absolute Gasteiger partial charge is 0.317 e. The number of aliphatic imine (C=N–C) groups is 1. The van der Waals surface area contributed by atoms with E-state index in [1.54, 1.807) is 0 Å². The predicted molar refractivity (Wildman–Crippen MR) is 135 cm³/mol. The van der Waals surface area contributed by atoms with Gasteiger partial charge in [0.25, 0.3) is 5.89 Å². The lowest BCUT2D eigenvalue weighted by atomic mass is 9.96. The van der Waals surface area contributed by atoms with E-state index in [0.29, 0.717) is 43.4 Å². The summed E-state index contributed by atoms with van der Waals surface area (Å²) >= 11 is 0. The van der Waals surface area contributed by atoms with E-state index in [0.717, 1.165) is 22.9 Å². The summed E-state index contributed by atoms with van der Waals surface area (Å²) in [7, 11) is 0. The third kappa shape index (κ3) is 4.70. The zero-order chi connectivity index (χ0) is 25.2. The Labute approximate surface area is 212 Å². The highest BCUT2D eigenvalue weighted by Gasteiger charge is 2.28. The SMILES string of the molecule is O=C1Cc2ccccc2C(c2ccccc2)=N[C@@H]1Nc1nnc(-c2cc(F)cnc2N2CCOCC2)o1. The van der Waals surface area contributed by atoms with Crippen molar-refractivity contribution in [3.63, 3.8) is 0 Å². The molecule has 1 N–H and O–H groups in total. The lowest BCUT2D eigenvalue weighted by molar-refractivity contribution is -0.119. The second-order valence-electron chi connectivity index (χ2n) is 8.73. The largest absolute Gasteiger partial charge is 0.403 e. The van der Waals surface area contributed by atoms with Crippen LogP contribution >= 0.6 is 0 Å². The van der Waals surface area contributed by atoms with Crippen LogP contribution in [0.5, 0.6) is 0 Å². The molecule has 0 amide bonds. The summed E-state index contributed by atoms with van der Waals surface area (Å²) in [6.07, 6.45) is 0.412. The topological polar surface area (TPSA) is 106 Å². The second-order valence-corrected chi connectivity index (χ2v) is 8.73. The summed E-state index contributed by atoms with van der Waals surface area (Å²) in [5.41, 5.74) is 3.76. The van der Waals surface area contributed by atoms with Crippen LogP contribution in [0.3, 0.4) is 0 Å². The minimum Gasteiger partial charge on any atom is -0.403 e. The first kappa shape index (κ1) is 23.0. The monoisotopic (exact) mass is 498 g/mol. The van der Waals surface area contributed by atoms with Gasteiger partial charge in [0.2, 0.25) is 0 Å². The van der Waals surface area contributed by atoms with Crippen molar-refractivity contribution < 1.29 is 18.3 Å². The van der Waals surface area contributed by atoms with E-state index in [1.807, 2.05) is 59.5 Å². The fourth-order valence-electron chi connectivity index (χ4n) is 4.52. The van der Waals surface area contributed by atoms with Crippen molar-refractivity contribution in [2.75, 3.05) is 36.5 Å². The van der Waals surface area contributed by atoms with Gasteiger partial charge < -0.3 is 19.4 Å². The molecule has 2 aliphatic heterocycles. The molecule has 4 heterocycles. The van der Waals surface area contributed by atoms with Gasteiger partial charge in [-0.2, -0.15) is 0 Å². The molecule has 0 radical (unpaired) electrons. The lowest BCUT2D eigenvalue weighted by Crippen LogP contribution is -2.37. The molecule has 1 atom stereocenters. The van der Waals surface area contributed by atoms with E-state index >= 15 is 0 Å². The Morgan fingerprint density at radius 3 is 2.59 bits per heavy atom. The molecular formula is C27H23FN6O3. The fraction of sp³-hybridized carbons (Fsp3) is 0.222. The Balaban J connectivity index is 1.33. The molecule has 9 nitrogen and oxygen atoms in total. The number of carbonyl (C=O) groups is 1. The first-order valence-corrected chi connectivity index (χ1v) is 12.0. The molecule has 1 saturated heterocycles. The Bertz CT molecular complexity index is 1470. The van der Waals surface area contributed by atoms with E-state index in [-0.39, 0.29) is 24.1 Å². The molecule has 37 heavy (non-hydrogen) atoms. The van der Waals surface area contributed by atoms with Crippen molar-refractivity contribution in [1.29, 1.82) is 0 Å². The molecule has 0 unspecified atom stereocenters. The van der Waals surface area contributed by atoms with Gasteiger partial charge in [-0.15, -0.1) is 5.10 Å². The Kier molecular flexibility index (Phi) is 6.15. The van der Waals surface area contributed by atoms with Crippen LogP contribution in [0.25, 0.3) is 11.5 Å². The molecule has 0 aliphatic carbocycles. The van der Waals surface area contributed by atoms with E-state index < -0.39 is 12.0 Å². The number of fused-ring (bicyclic) bond motifs is 1.